The zero-order chi connectivity index (χ0) is 27.7. The highest BCUT2D eigenvalue weighted by Crippen LogP contribution is 2.19. The number of aromatic nitrogens is 1. The Morgan fingerprint density at radius 1 is 0.973 bits per heavy atom. The van der Waals surface area contributed by atoms with Crippen LogP contribution in [0.25, 0.3) is 10.9 Å². The van der Waals surface area contributed by atoms with Gasteiger partial charge >= 0.3 is 11.9 Å². The smallest absolute Gasteiger partial charge is 0.326 e. The molecule has 0 saturated carbocycles. The Morgan fingerprint density at radius 2 is 1.62 bits per heavy atom. The number of nitrogens with two attached hydrogens (primary N) is 1. The summed E-state index contributed by atoms with van der Waals surface area (Å²) in [6, 6.07) is 1.82. The Morgan fingerprint density at radius 3 is 2.22 bits per heavy atom. The first-order chi connectivity index (χ1) is 17.5. The van der Waals surface area contributed by atoms with Gasteiger partial charge in [-0.05, 0) is 17.5 Å². The molecular formula is C24H33N5O8. The van der Waals surface area contributed by atoms with Crippen molar-refractivity contribution in [1.82, 2.24) is 20.9 Å². The Bertz CT molecular complexity index is 1130. The number of carboxylic acids is 2. The van der Waals surface area contributed by atoms with Gasteiger partial charge in [0.05, 0.1) is 19.1 Å². The molecule has 1 heterocycles. The molecule has 3 amide bonds. The van der Waals surface area contributed by atoms with Gasteiger partial charge in [-0.15, -0.1) is 0 Å². The Kier molecular flexibility index (Phi) is 10.6. The van der Waals surface area contributed by atoms with Crippen molar-refractivity contribution >= 4 is 40.6 Å². The van der Waals surface area contributed by atoms with E-state index in [0.29, 0.717) is 12.0 Å². The molecule has 0 radical (unpaired) electrons. The molecular weight excluding hydrogens is 486 g/mol. The van der Waals surface area contributed by atoms with Crippen LogP contribution in [0.2, 0.25) is 0 Å². The van der Waals surface area contributed by atoms with Gasteiger partial charge in [0.25, 0.3) is 0 Å². The first-order valence-electron chi connectivity index (χ1n) is 11.8. The molecule has 0 aliphatic heterocycles. The van der Waals surface area contributed by atoms with Gasteiger partial charge in [-0.3, -0.25) is 19.2 Å². The summed E-state index contributed by atoms with van der Waals surface area (Å²) in [5.74, 6) is -5.64. The molecule has 37 heavy (non-hydrogen) atoms. The zero-order valence-electron chi connectivity index (χ0n) is 20.6. The molecule has 2 rings (SSSR count). The number of rotatable bonds is 14. The number of amides is 3. The summed E-state index contributed by atoms with van der Waals surface area (Å²) in [7, 11) is 0. The normalized spacial score (nSPS) is 15.1. The van der Waals surface area contributed by atoms with Gasteiger partial charge in [-0.2, -0.15) is 0 Å². The number of aliphatic hydroxyl groups is 1. The van der Waals surface area contributed by atoms with E-state index in [1.165, 1.54) is 0 Å². The van der Waals surface area contributed by atoms with Gasteiger partial charge in [0.2, 0.25) is 17.7 Å². The Hall–Kier alpha value is -3.97. The van der Waals surface area contributed by atoms with E-state index in [1.807, 2.05) is 18.2 Å². The molecule has 0 aliphatic rings. The number of hydrogen-bond donors (Lipinski definition) is 8. The average molecular weight is 520 g/mol. The van der Waals surface area contributed by atoms with Gasteiger partial charge in [0.1, 0.15) is 18.1 Å². The predicted molar refractivity (Wildman–Crippen MR) is 132 cm³/mol. The molecule has 9 N–H and O–H groups in total. The summed E-state index contributed by atoms with van der Waals surface area (Å²) in [5.41, 5.74) is 7.03. The molecule has 5 unspecified atom stereocenters. The SMILES string of the molecule is CCC(C)C(NC(=O)C(N)CC(=O)O)C(=O)NC(CO)C(=O)NC(Cc1c[nH]c2ccccc12)C(=O)O. The standard InChI is InChI=1S/C24H33N5O8/c1-3-12(2)20(29-21(33)15(25)9-19(31)32)23(35)28-18(11-30)22(34)27-17(24(36)37)8-13-10-26-16-7-5-4-6-14(13)16/h4-7,10,12,15,17-18,20,26,30H,3,8-9,11,25H2,1-2H3,(H,27,34)(H,28,35)(H,29,33)(H,31,32)(H,36,37). The van der Waals surface area contributed by atoms with Gasteiger partial charge in [-0.1, -0.05) is 38.5 Å². The number of aromatic amines is 1. The topological polar surface area (TPSA) is 224 Å². The van der Waals surface area contributed by atoms with E-state index in [-0.39, 0.29) is 6.42 Å². The minimum atomic E-state index is -1.51. The minimum absolute atomic E-state index is 0.0514. The molecule has 0 aliphatic carbocycles. The van der Waals surface area contributed by atoms with Gasteiger partial charge < -0.3 is 42.0 Å². The maximum absolute atomic E-state index is 12.9. The number of H-pyrrole nitrogens is 1. The van der Waals surface area contributed by atoms with Crippen molar-refractivity contribution in [2.45, 2.75) is 57.3 Å². The van der Waals surface area contributed by atoms with Crippen molar-refractivity contribution in [2.24, 2.45) is 11.7 Å². The third kappa shape index (κ3) is 8.02. The van der Waals surface area contributed by atoms with E-state index in [4.69, 9.17) is 10.8 Å². The van der Waals surface area contributed by atoms with Crippen LogP contribution in [0.15, 0.2) is 30.5 Å². The Balaban J connectivity index is 2.11. The van der Waals surface area contributed by atoms with Gasteiger partial charge in [0, 0.05) is 23.5 Å². The monoisotopic (exact) mass is 519 g/mol. The number of fused-ring (bicyclic) bond motifs is 1. The zero-order valence-corrected chi connectivity index (χ0v) is 20.6. The first kappa shape index (κ1) is 29.3. The summed E-state index contributed by atoms with van der Waals surface area (Å²) in [4.78, 5) is 63.7. The summed E-state index contributed by atoms with van der Waals surface area (Å²) in [6.45, 7) is 2.58. The maximum atomic E-state index is 12.9. The number of nitrogens with one attached hydrogen (secondary N) is 4. The van der Waals surface area contributed by atoms with Crippen molar-refractivity contribution < 1.29 is 39.3 Å². The fraction of sp³-hybridized carbons (Fsp3) is 0.458. The van der Waals surface area contributed by atoms with Crippen molar-refractivity contribution in [2.75, 3.05) is 6.61 Å². The molecule has 2 aromatic rings. The van der Waals surface area contributed by atoms with E-state index >= 15 is 0 Å². The highest BCUT2D eigenvalue weighted by atomic mass is 16.4. The lowest BCUT2D eigenvalue weighted by Crippen LogP contribution is -2.59. The molecule has 202 valence electrons. The molecule has 13 nitrogen and oxygen atoms in total. The van der Waals surface area contributed by atoms with E-state index in [9.17, 15) is 34.2 Å². The number of aliphatic hydroxyl groups excluding tert-OH is 1. The van der Waals surface area contributed by atoms with Gasteiger partial charge in [0.15, 0.2) is 0 Å². The third-order valence-electron chi connectivity index (χ3n) is 6.05. The summed E-state index contributed by atoms with van der Waals surface area (Å²) >= 11 is 0. The second kappa shape index (κ2) is 13.4. The lowest BCUT2D eigenvalue weighted by Gasteiger charge is -2.27. The predicted octanol–water partition coefficient (Wildman–Crippen LogP) is -0.910. The number of benzene rings is 1. The highest BCUT2D eigenvalue weighted by Gasteiger charge is 2.32. The quantitative estimate of drug-likeness (QED) is 0.154. The van der Waals surface area contributed by atoms with Crippen LogP contribution in [-0.4, -0.2) is 80.7 Å². The molecule has 0 spiro atoms. The number of carbonyl (C=O) groups excluding carboxylic acids is 3. The second-order valence-corrected chi connectivity index (χ2v) is 8.78. The molecule has 1 aromatic carbocycles. The largest absolute Gasteiger partial charge is 0.481 e. The van der Waals surface area contributed by atoms with E-state index in [2.05, 4.69) is 20.9 Å². The molecule has 5 atom stereocenters. The molecule has 0 bridgehead atoms. The minimum Gasteiger partial charge on any atom is -0.481 e. The summed E-state index contributed by atoms with van der Waals surface area (Å²) in [5, 5.41) is 36.1. The van der Waals surface area contributed by atoms with Crippen molar-refractivity contribution in [1.29, 1.82) is 0 Å². The van der Waals surface area contributed by atoms with Crippen LogP contribution in [0.5, 0.6) is 0 Å². The fourth-order valence-corrected chi connectivity index (χ4v) is 3.69. The number of carbonyl (C=O) groups is 5. The first-order valence-corrected chi connectivity index (χ1v) is 11.8. The van der Waals surface area contributed by atoms with Gasteiger partial charge in [-0.25, -0.2) is 4.79 Å². The van der Waals surface area contributed by atoms with Crippen LogP contribution in [-0.2, 0) is 30.4 Å². The Labute approximate surface area is 212 Å². The van der Waals surface area contributed by atoms with E-state index in [1.54, 1.807) is 26.1 Å². The van der Waals surface area contributed by atoms with E-state index < -0.39 is 72.8 Å². The van der Waals surface area contributed by atoms with E-state index in [0.717, 1.165) is 10.9 Å². The number of carboxylic acid groups (broad SMARTS) is 2. The lowest BCUT2D eigenvalue weighted by atomic mass is 9.97. The van der Waals surface area contributed by atoms with Crippen LogP contribution in [0.1, 0.15) is 32.3 Å². The average Bonchev–Trinajstić information content (AvgIpc) is 3.26. The highest BCUT2D eigenvalue weighted by molar-refractivity contribution is 5.95. The second-order valence-electron chi connectivity index (χ2n) is 8.78. The maximum Gasteiger partial charge on any atom is 0.326 e. The van der Waals surface area contributed by atoms with Crippen LogP contribution >= 0.6 is 0 Å². The van der Waals surface area contributed by atoms with Crippen molar-refractivity contribution in [3.05, 3.63) is 36.0 Å². The summed E-state index contributed by atoms with van der Waals surface area (Å²) < 4.78 is 0. The molecule has 0 saturated heterocycles. The lowest BCUT2D eigenvalue weighted by molar-refractivity contribution is -0.142. The van der Waals surface area contributed by atoms with Crippen LogP contribution in [0.4, 0.5) is 0 Å². The van der Waals surface area contributed by atoms with Crippen LogP contribution in [0.3, 0.4) is 0 Å². The van der Waals surface area contributed by atoms with Crippen LogP contribution in [0, 0.1) is 5.92 Å². The summed E-state index contributed by atoms with van der Waals surface area (Å²) in [6.07, 6.45) is 1.39. The molecule has 1 aromatic heterocycles. The molecule has 0 fully saturated rings. The number of aliphatic carboxylic acids is 2. The fourth-order valence-electron chi connectivity index (χ4n) is 3.69. The van der Waals surface area contributed by atoms with Crippen molar-refractivity contribution in [3.8, 4) is 0 Å². The molecule has 13 heteroatoms. The third-order valence-corrected chi connectivity index (χ3v) is 6.05. The van der Waals surface area contributed by atoms with Crippen molar-refractivity contribution in [3.63, 3.8) is 0 Å². The number of para-hydroxylation sites is 1. The number of hydrogen-bond acceptors (Lipinski definition) is 7. The van der Waals surface area contributed by atoms with Crippen LogP contribution < -0.4 is 21.7 Å².